The fourth-order valence-corrected chi connectivity index (χ4v) is 3.28. The van der Waals surface area contributed by atoms with Crippen molar-refractivity contribution in [2.75, 3.05) is 18.0 Å². The van der Waals surface area contributed by atoms with Crippen LogP contribution in [-0.2, 0) is 12.0 Å². The molecule has 6 nitrogen and oxygen atoms in total. The van der Waals surface area contributed by atoms with Crippen molar-refractivity contribution in [1.29, 1.82) is 0 Å². The van der Waals surface area contributed by atoms with E-state index in [-0.39, 0.29) is 6.04 Å². The highest BCUT2D eigenvalue weighted by Crippen LogP contribution is 2.31. The van der Waals surface area contributed by atoms with Crippen LogP contribution in [0.25, 0.3) is 0 Å². The zero-order valence-corrected chi connectivity index (χ0v) is 14.6. The SMILES string of the molecule is CCCc1cc(N2CCC(N)C2)nc(C2(N)C=CC(C)=C(N)C2)n1. The molecule has 2 aliphatic rings. The average Bonchev–Trinajstić information content (AvgIpc) is 2.98. The van der Waals surface area contributed by atoms with Crippen LogP contribution in [0.15, 0.2) is 29.5 Å². The lowest BCUT2D eigenvalue weighted by Crippen LogP contribution is -2.40. The van der Waals surface area contributed by atoms with Gasteiger partial charge in [0, 0.05) is 43.0 Å². The quantitative estimate of drug-likeness (QED) is 0.769. The first-order chi connectivity index (χ1) is 11.4. The fourth-order valence-electron chi connectivity index (χ4n) is 3.28. The van der Waals surface area contributed by atoms with Crippen LogP contribution in [0, 0.1) is 0 Å². The lowest BCUT2D eigenvalue weighted by Gasteiger charge is -2.30. The Morgan fingerprint density at radius 2 is 2.17 bits per heavy atom. The first-order valence-electron chi connectivity index (χ1n) is 8.73. The van der Waals surface area contributed by atoms with E-state index in [1.54, 1.807) is 0 Å². The van der Waals surface area contributed by atoms with E-state index in [2.05, 4.69) is 17.9 Å². The number of nitrogens with two attached hydrogens (primary N) is 3. The molecule has 0 amide bonds. The summed E-state index contributed by atoms with van der Waals surface area (Å²) in [6, 6.07) is 2.28. The third-order valence-electron chi connectivity index (χ3n) is 4.86. The van der Waals surface area contributed by atoms with Gasteiger partial charge >= 0.3 is 0 Å². The van der Waals surface area contributed by atoms with Crippen molar-refractivity contribution < 1.29 is 0 Å². The molecule has 2 atom stereocenters. The van der Waals surface area contributed by atoms with Crippen LogP contribution in [0.3, 0.4) is 0 Å². The maximum atomic E-state index is 6.62. The normalized spacial score (nSPS) is 27.2. The summed E-state index contributed by atoms with van der Waals surface area (Å²) in [5, 5.41) is 0. The van der Waals surface area contributed by atoms with Gasteiger partial charge in [-0.1, -0.05) is 25.5 Å². The minimum absolute atomic E-state index is 0.209. The summed E-state index contributed by atoms with van der Waals surface area (Å²) in [4.78, 5) is 11.8. The standard InChI is InChI=1S/C18H28N6/c1-3-4-14-9-16(24-8-6-13(19)11-24)23-17(22-14)18(21)7-5-12(2)15(20)10-18/h5,7,9,13H,3-4,6,8,10-11,19-21H2,1-2H3. The molecule has 1 aliphatic heterocycles. The van der Waals surface area contributed by atoms with Gasteiger partial charge in [-0.15, -0.1) is 0 Å². The molecule has 0 bridgehead atoms. The van der Waals surface area contributed by atoms with Crippen LogP contribution in [0.1, 0.15) is 44.6 Å². The highest BCUT2D eigenvalue weighted by molar-refractivity contribution is 5.44. The van der Waals surface area contributed by atoms with Crippen LogP contribution < -0.4 is 22.1 Å². The molecular weight excluding hydrogens is 300 g/mol. The van der Waals surface area contributed by atoms with Gasteiger partial charge in [0.1, 0.15) is 11.4 Å². The van der Waals surface area contributed by atoms with Gasteiger partial charge in [0.15, 0.2) is 5.82 Å². The maximum absolute atomic E-state index is 6.62. The number of nitrogens with zero attached hydrogens (tertiary/aromatic N) is 3. The van der Waals surface area contributed by atoms with Crippen molar-refractivity contribution in [2.24, 2.45) is 17.2 Å². The van der Waals surface area contributed by atoms with E-state index in [0.29, 0.717) is 12.2 Å². The van der Waals surface area contributed by atoms with E-state index in [4.69, 9.17) is 27.2 Å². The Labute approximate surface area is 143 Å². The van der Waals surface area contributed by atoms with Gasteiger partial charge in [-0.25, -0.2) is 9.97 Å². The molecule has 1 saturated heterocycles. The number of hydrogen-bond donors (Lipinski definition) is 3. The molecule has 3 rings (SSSR count). The van der Waals surface area contributed by atoms with Crippen molar-refractivity contribution in [2.45, 2.75) is 51.1 Å². The second-order valence-electron chi connectivity index (χ2n) is 7.04. The molecule has 6 heteroatoms. The number of anilines is 1. The van der Waals surface area contributed by atoms with Gasteiger partial charge in [0.25, 0.3) is 0 Å². The zero-order valence-electron chi connectivity index (χ0n) is 14.6. The molecule has 2 unspecified atom stereocenters. The molecule has 0 aromatic carbocycles. The Morgan fingerprint density at radius 1 is 1.38 bits per heavy atom. The first kappa shape index (κ1) is 16.9. The van der Waals surface area contributed by atoms with E-state index in [0.717, 1.165) is 55.1 Å². The van der Waals surface area contributed by atoms with Crippen LogP contribution in [0.5, 0.6) is 0 Å². The minimum Gasteiger partial charge on any atom is -0.402 e. The number of aromatic nitrogens is 2. The largest absolute Gasteiger partial charge is 0.402 e. The zero-order chi connectivity index (χ0) is 17.3. The summed E-state index contributed by atoms with van der Waals surface area (Å²) in [6.07, 6.45) is 7.43. The van der Waals surface area contributed by atoms with Gasteiger partial charge in [-0.3, -0.25) is 0 Å². The number of allylic oxidation sites excluding steroid dienone is 2. The van der Waals surface area contributed by atoms with Crippen LogP contribution in [0.2, 0.25) is 0 Å². The van der Waals surface area contributed by atoms with Crippen molar-refractivity contribution >= 4 is 5.82 Å². The molecule has 0 spiro atoms. The Balaban J connectivity index is 1.98. The Hall–Kier alpha value is -1.92. The number of aryl methyl sites for hydroxylation is 1. The molecule has 1 aromatic rings. The molecule has 1 aliphatic carbocycles. The van der Waals surface area contributed by atoms with Crippen LogP contribution in [-0.4, -0.2) is 29.1 Å². The molecule has 1 aromatic heterocycles. The van der Waals surface area contributed by atoms with Crippen LogP contribution in [0.4, 0.5) is 5.82 Å². The van der Waals surface area contributed by atoms with Crippen molar-refractivity contribution in [3.63, 3.8) is 0 Å². The summed E-state index contributed by atoms with van der Waals surface area (Å²) >= 11 is 0. The number of rotatable bonds is 4. The van der Waals surface area contributed by atoms with E-state index < -0.39 is 5.54 Å². The van der Waals surface area contributed by atoms with E-state index in [1.165, 1.54) is 0 Å². The van der Waals surface area contributed by atoms with Crippen molar-refractivity contribution in [3.8, 4) is 0 Å². The summed E-state index contributed by atoms with van der Waals surface area (Å²) in [5.41, 5.74) is 21.0. The van der Waals surface area contributed by atoms with Crippen molar-refractivity contribution in [1.82, 2.24) is 9.97 Å². The maximum Gasteiger partial charge on any atom is 0.155 e. The minimum atomic E-state index is -0.746. The lowest BCUT2D eigenvalue weighted by atomic mass is 9.87. The smallest absolute Gasteiger partial charge is 0.155 e. The van der Waals surface area contributed by atoms with Crippen molar-refractivity contribution in [3.05, 3.63) is 41.0 Å². The highest BCUT2D eigenvalue weighted by Gasteiger charge is 2.33. The monoisotopic (exact) mass is 328 g/mol. The van der Waals surface area contributed by atoms with E-state index in [1.807, 2.05) is 19.1 Å². The van der Waals surface area contributed by atoms with E-state index >= 15 is 0 Å². The van der Waals surface area contributed by atoms with Crippen LogP contribution >= 0.6 is 0 Å². The molecule has 6 N–H and O–H groups in total. The third kappa shape index (κ3) is 3.30. The molecule has 0 radical (unpaired) electrons. The molecule has 130 valence electrons. The first-order valence-corrected chi connectivity index (χ1v) is 8.73. The molecule has 2 heterocycles. The second kappa shape index (κ2) is 6.53. The number of hydrogen-bond acceptors (Lipinski definition) is 6. The summed E-state index contributed by atoms with van der Waals surface area (Å²) in [5.74, 6) is 1.58. The lowest BCUT2D eigenvalue weighted by molar-refractivity contribution is 0.502. The summed E-state index contributed by atoms with van der Waals surface area (Å²) in [7, 11) is 0. The molecule has 1 fully saturated rings. The third-order valence-corrected chi connectivity index (χ3v) is 4.86. The van der Waals surface area contributed by atoms with Gasteiger partial charge in [0.2, 0.25) is 0 Å². The Bertz CT molecular complexity index is 680. The van der Waals surface area contributed by atoms with E-state index in [9.17, 15) is 0 Å². The predicted octanol–water partition coefficient (Wildman–Crippen LogP) is 1.31. The van der Waals surface area contributed by atoms with Gasteiger partial charge in [0.05, 0.1) is 0 Å². The molecule has 0 saturated carbocycles. The summed E-state index contributed by atoms with van der Waals surface area (Å²) < 4.78 is 0. The highest BCUT2D eigenvalue weighted by atomic mass is 15.2. The second-order valence-corrected chi connectivity index (χ2v) is 7.04. The summed E-state index contributed by atoms with van der Waals surface area (Å²) in [6.45, 7) is 5.90. The van der Waals surface area contributed by atoms with Gasteiger partial charge in [-0.2, -0.15) is 0 Å². The molecule has 24 heavy (non-hydrogen) atoms. The molecular formula is C18H28N6. The predicted molar refractivity (Wildman–Crippen MR) is 97.3 cm³/mol. The fraction of sp³-hybridized carbons (Fsp3) is 0.556. The topological polar surface area (TPSA) is 107 Å². The van der Waals surface area contributed by atoms with Gasteiger partial charge < -0.3 is 22.1 Å². The Morgan fingerprint density at radius 3 is 2.79 bits per heavy atom. The average molecular weight is 328 g/mol. The Kier molecular flexibility index (Phi) is 4.60. The van der Waals surface area contributed by atoms with Gasteiger partial charge in [-0.05, 0) is 25.3 Å².